The summed E-state index contributed by atoms with van der Waals surface area (Å²) in [5.41, 5.74) is 3.82. The Morgan fingerprint density at radius 2 is 2.31 bits per heavy atom. The van der Waals surface area contributed by atoms with Crippen LogP contribution in [0.2, 0.25) is 0 Å². The molecule has 0 bridgehead atoms. The van der Waals surface area contributed by atoms with E-state index >= 15 is 0 Å². The van der Waals surface area contributed by atoms with Crippen molar-refractivity contribution in [1.29, 1.82) is 5.26 Å². The van der Waals surface area contributed by atoms with Gasteiger partial charge in [-0.25, -0.2) is 0 Å². The van der Waals surface area contributed by atoms with Gasteiger partial charge < -0.3 is 0 Å². The Kier molecular flexibility index (Phi) is 2.13. The first-order chi connectivity index (χ1) is 6.24. The van der Waals surface area contributed by atoms with E-state index in [1.54, 1.807) is 0 Å². The quantitative estimate of drug-likeness (QED) is 0.677. The molecular weight excluding hydrogens is 226 g/mol. The smallest absolute Gasteiger partial charge is 0.0719 e. The first kappa shape index (κ1) is 8.77. The third kappa shape index (κ3) is 1.28. The Morgan fingerprint density at radius 3 is 3.00 bits per heavy atom. The SMILES string of the molecule is Cc1ccc2c(c1Br)CCC2C#N. The lowest BCUT2D eigenvalue weighted by Gasteiger charge is -2.06. The number of benzene rings is 1. The molecule has 0 radical (unpaired) electrons. The van der Waals surface area contributed by atoms with E-state index < -0.39 is 0 Å². The van der Waals surface area contributed by atoms with Crippen molar-refractivity contribution in [3.8, 4) is 6.07 Å². The van der Waals surface area contributed by atoms with Crippen molar-refractivity contribution in [3.63, 3.8) is 0 Å². The van der Waals surface area contributed by atoms with Gasteiger partial charge in [0.1, 0.15) is 0 Å². The number of hydrogen-bond donors (Lipinski definition) is 0. The number of fused-ring (bicyclic) bond motifs is 1. The molecule has 1 aromatic carbocycles. The maximum Gasteiger partial charge on any atom is 0.0719 e. The highest BCUT2D eigenvalue weighted by Crippen LogP contribution is 2.38. The summed E-state index contributed by atoms with van der Waals surface area (Å²) in [4.78, 5) is 0. The zero-order valence-electron chi connectivity index (χ0n) is 7.47. The maximum atomic E-state index is 8.91. The predicted molar refractivity (Wildman–Crippen MR) is 55.6 cm³/mol. The molecule has 66 valence electrons. The van der Waals surface area contributed by atoms with E-state index in [0.717, 1.165) is 12.8 Å². The van der Waals surface area contributed by atoms with Crippen LogP contribution in [0.3, 0.4) is 0 Å². The van der Waals surface area contributed by atoms with Gasteiger partial charge in [-0.15, -0.1) is 0 Å². The van der Waals surface area contributed by atoms with Crippen LogP contribution in [-0.4, -0.2) is 0 Å². The molecule has 0 N–H and O–H groups in total. The molecule has 0 spiro atoms. The minimum Gasteiger partial charge on any atom is -0.198 e. The lowest BCUT2D eigenvalue weighted by molar-refractivity contribution is 0.825. The van der Waals surface area contributed by atoms with Crippen molar-refractivity contribution in [2.45, 2.75) is 25.7 Å². The van der Waals surface area contributed by atoms with Crippen LogP contribution in [0.5, 0.6) is 0 Å². The number of aryl methyl sites for hydroxylation is 1. The summed E-state index contributed by atoms with van der Waals surface area (Å²) in [7, 11) is 0. The Hall–Kier alpha value is -0.810. The molecule has 0 fully saturated rings. The summed E-state index contributed by atoms with van der Waals surface area (Å²) in [6, 6.07) is 6.52. The fraction of sp³-hybridized carbons (Fsp3) is 0.364. The molecule has 1 aromatic rings. The molecule has 1 aliphatic carbocycles. The summed E-state index contributed by atoms with van der Waals surface area (Å²) in [6.07, 6.45) is 2.02. The summed E-state index contributed by atoms with van der Waals surface area (Å²) >= 11 is 3.58. The second kappa shape index (κ2) is 3.16. The van der Waals surface area contributed by atoms with Gasteiger partial charge in [-0.1, -0.05) is 28.1 Å². The largest absolute Gasteiger partial charge is 0.198 e. The number of halogens is 1. The number of hydrogen-bond acceptors (Lipinski definition) is 1. The second-order valence-electron chi connectivity index (χ2n) is 3.48. The Balaban J connectivity index is 2.58. The Bertz CT molecular complexity index is 390. The van der Waals surface area contributed by atoms with E-state index in [1.807, 2.05) is 0 Å². The maximum absolute atomic E-state index is 8.91. The molecular formula is C11H10BrN. The van der Waals surface area contributed by atoms with Crippen molar-refractivity contribution in [2.24, 2.45) is 0 Å². The van der Waals surface area contributed by atoms with Crippen LogP contribution in [0.25, 0.3) is 0 Å². The minimum absolute atomic E-state index is 0.117. The van der Waals surface area contributed by atoms with Crippen LogP contribution < -0.4 is 0 Å². The Morgan fingerprint density at radius 1 is 1.54 bits per heavy atom. The molecule has 1 unspecified atom stereocenters. The minimum atomic E-state index is 0.117. The third-order valence-electron chi connectivity index (χ3n) is 2.69. The second-order valence-corrected chi connectivity index (χ2v) is 4.28. The molecule has 0 saturated carbocycles. The zero-order valence-corrected chi connectivity index (χ0v) is 9.06. The fourth-order valence-electron chi connectivity index (χ4n) is 1.91. The van der Waals surface area contributed by atoms with Crippen molar-refractivity contribution in [1.82, 2.24) is 0 Å². The van der Waals surface area contributed by atoms with Gasteiger partial charge in [0.2, 0.25) is 0 Å². The topological polar surface area (TPSA) is 23.8 Å². The molecule has 0 saturated heterocycles. The van der Waals surface area contributed by atoms with Gasteiger partial charge in [0.25, 0.3) is 0 Å². The lowest BCUT2D eigenvalue weighted by Crippen LogP contribution is -1.90. The van der Waals surface area contributed by atoms with E-state index in [0.29, 0.717) is 0 Å². The number of nitrogens with zero attached hydrogens (tertiary/aromatic N) is 1. The average molecular weight is 236 g/mol. The van der Waals surface area contributed by atoms with E-state index in [-0.39, 0.29) is 5.92 Å². The van der Waals surface area contributed by atoms with Crippen LogP contribution in [-0.2, 0) is 6.42 Å². The third-order valence-corrected chi connectivity index (χ3v) is 3.79. The van der Waals surface area contributed by atoms with Crippen LogP contribution in [0.4, 0.5) is 0 Å². The van der Waals surface area contributed by atoms with Gasteiger partial charge in [0.15, 0.2) is 0 Å². The lowest BCUT2D eigenvalue weighted by atomic mass is 10.0. The molecule has 0 aliphatic heterocycles. The zero-order chi connectivity index (χ0) is 9.42. The summed E-state index contributed by atoms with van der Waals surface area (Å²) in [5, 5.41) is 8.91. The van der Waals surface area contributed by atoms with Gasteiger partial charge in [0.05, 0.1) is 12.0 Å². The summed E-state index contributed by atoms with van der Waals surface area (Å²) < 4.78 is 1.20. The molecule has 0 aromatic heterocycles. The van der Waals surface area contributed by atoms with Crippen molar-refractivity contribution < 1.29 is 0 Å². The molecule has 0 heterocycles. The highest BCUT2D eigenvalue weighted by Gasteiger charge is 2.24. The van der Waals surface area contributed by atoms with Gasteiger partial charge >= 0.3 is 0 Å². The predicted octanol–water partition coefficient (Wildman–Crippen LogP) is 3.31. The van der Waals surface area contributed by atoms with Crippen molar-refractivity contribution in [3.05, 3.63) is 33.3 Å². The van der Waals surface area contributed by atoms with E-state index in [1.165, 1.54) is 21.2 Å². The number of nitriles is 1. The average Bonchev–Trinajstić information content (AvgIpc) is 2.55. The molecule has 1 aliphatic rings. The highest BCUT2D eigenvalue weighted by atomic mass is 79.9. The first-order valence-electron chi connectivity index (χ1n) is 4.41. The highest BCUT2D eigenvalue weighted by molar-refractivity contribution is 9.10. The first-order valence-corrected chi connectivity index (χ1v) is 5.21. The van der Waals surface area contributed by atoms with Crippen LogP contribution in [0, 0.1) is 18.3 Å². The van der Waals surface area contributed by atoms with Gasteiger partial charge in [-0.05, 0) is 36.5 Å². The fourth-order valence-corrected chi connectivity index (χ4v) is 2.47. The Labute approximate surface area is 86.5 Å². The van der Waals surface area contributed by atoms with E-state index in [2.05, 4.69) is 41.1 Å². The van der Waals surface area contributed by atoms with Crippen molar-refractivity contribution >= 4 is 15.9 Å². The normalized spacial score (nSPS) is 19.6. The van der Waals surface area contributed by atoms with Gasteiger partial charge in [-0.2, -0.15) is 5.26 Å². The summed E-state index contributed by atoms with van der Waals surface area (Å²) in [5.74, 6) is 0.117. The summed E-state index contributed by atoms with van der Waals surface area (Å²) in [6.45, 7) is 2.09. The van der Waals surface area contributed by atoms with Crippen LogP contribution in [0.1, 0.15) is 29.0 Å². The van der Waals surface area contributed by atoms with E-state index in [9.17, 15) is 0 Å². The molecule has 0 amide bonds. The molecule has 2 heteroatoms. The van der Waals surface area contributed by atoms with Crippen LogP contribution >= 0.6 is 15.9 Å². The van der Waals surface area contributed by atoms with E-state index in [4.69, 9.17) is 5.26 Å². The molecule has 13 heavy (non-hydrogen) atoms. The monoisotopic (exact) mass is 235 g/mol. The van der Waals surface area contributed by atoms with Gasteiger partial charge in [-0.3, -0.25) is 0 Å². The van der Waals surface area contributed by atoms with Crippen molar-refractivity contribution in [2.75, 3.05) is 0 Å². The molecule has 1 atom stereocenters. The molecule has 2 rings (SSSR count). The van der Waals surface area contributed by atoms with Gasteiger partial charge in [0, 0.05) is 4.47 Å². The standard InChI is InChI=1S/C11H10BrN/c1-7-2-4-9-8(6-13)3-5-10(9)11(7)12/h2,4,8H,3,5H2,1H3. The number of rotatable bonds is 0. The molecule has 1 nitrogen and oxygen atoms in total. The van der Waals surface area contributed by atoms with Crippen LogP contribution in [0.15, 0.2) is 16.6 Å².